The maximum absolute atomic E-state index is 12.6. The summed E-state index contributed by atoms with van der Waals surface area (Å²) in [7, 11) is -1.71. The van der Waals surface area contributed by atoms with Crippen molar-refractivity contribution in [3.05, 3.63) is 16.3 Å². The lowest BCUT2D eigenvalue weighted by Crippen LogP contribution is -2.40. The molecular formula is C13H22N2O3S2. The Morgan fingerprint density at radius 2 is 2.15 bits per heavy atom. The van der Waals surface area contributed by atoms with E-state index in [1.165, 1.54) is 15.6 Å². The van der Waals surface area contributed by atoms with Crippen molar-refractivity contribution >= 4 is 21.4 Å². The molecule has 0 bridgehead atoms. The van der Waals surface area contributed by atoms with Gasteiger partial charge in [0.2, 0.25) is 10.0 Å². The van der Waals surface area contributed by atoms with E-state index in [9.17, 15) is 8.42 Å². The molecule has 0 atom stereocenters. The van der Waals surface area contributed by atoms with Crippen molar-refractivity contribution in [1.29, 1.82) is 0 Å². The van der Waals surface area contributed by atoms with Gasteiger partial charge in [-0.05, 0) is 25.5 Å². The summed E-state index contributed by atoms with van der Waals surface area (Å²) in [5.74, 6) is 0. The van der Waals surface area contributed by atoms with E-state index in [1.807, 2.05) is 6.92 Å². The fraction of sp³-hybridized carbons (Fsp3) is 0.692. The molecule has 20 heavy (non-hydrogen) atoms. The summed E-state index contributed by atoms with van der Waals surface area (Å²) in [6.45, 7) is 4.91. The monoisotopic (exact) mass is 318 g/mol. The van der Waals surface area contributed by atoms with Crippen molar-refractivity contribution in [3.8, 4) is 0 Å². The quantitative estimate of drug-likeness (QED) is 0.866. The molecule has 0 aliphatic carbocycles. The fourth-order valence-corrected chi connectivity index (χ4v) is 4.90. The zero-order valence-corrected chi connectivity index (χ0v) is 13.6. The second-order valence-electron chi connectivity index (χ2n) is 4.89. The summed E-state index contributed by atoms with van der Waals surface area (Å²) in [6.07, 6.45) is 1.54. The lowest BCUT2D eigenvalue weighted by Gasteiger charge is -2.30. The molecule has 1 saturated heterocycles. The highest BCUT2D eigenvalue weighted by Crippen LogP contribution is 2.25. The first-order valence-corrected chi connectivity index (χ1v) is 9.21. The maximum Gasteiger partial charge on any atom is 0.243 e. The Labute approximate surface area is 125 Å². The van der Waals surface area contributed by atoms with Gasteiger partial charge in [0.25, 0.3) is 0 Å². The number of hydrogen-bond donors (Lipinski definition) is 1. The number of hydrogen-bond acceptors (Lipinski definition) is 5. The number of nitrogens with one attached hydrogen (secondary N) is 1. The maximum atomic E-state index is 12.6. The SMILES string of the molecule is CCNCc1cc(S(=O)(=O)N(C)C2CCOCC2)cs1. The minimum Gasteiger partial charge on any atom is -0.381 e. The molecule has 1 N–H and O–H groups in total. The molecule has 1 aromatic heterocycles. The first kappa shape index (κ1) is 15.9. The van der Waals surface area contributed by atoms with Gasteiger partial charge in [-0.2, -0.15) is 4.31 Å². The van der Waals surface area contributed by atoms with E-state index >= 15 is 0 Å². The van der Waals surface area contributed by atoms with Crippen LogP contribution in [0, 0.1) is 0 Å². The summed E-state index contributed by atoms with van der Waals surface area (Å²) < 4.78 is 32.0. The van der Waals surface area contributed by atoms with Crippen LogP contribution in [-0.4, -0.2) is 45.6 Å². The molecule has 5 nitrogen and oxygen atoms in total. The van der Waals surface area contributed by atoms with Crippen LogP contribution < -0.4 is 5.32 Å². The van der Waals surface area contributed by atoms with Gasteiger partial charge in [-0.15, -0.1) is 11.3 Å². The van der Waals surface area contributed by atoms with Crippen molar-refractivity contribution in [1.82, 2.24) is 9.62 Å². The van der Waals surface area contributed by atoms with Crippen molar-refractivity contribution in [2.75, 3.05) is 26.8 Å². The van der Waals surface area contributed by atoms with Crippen LogP contribution in [0.4, 0.5) is 0 Å². The zero-order valence-electron chi connectivity index (χ0n) is 12.0. The smallest absolute Gasteiger partial charge is 0.243 e. The van der Waals surface area contributed by atoms with Crippen LogP contribution in [0.2, 0.25) is 0 Å². The molecule has 1 aliphatic rings. The van der Waals surface area contributed by atoms with E-state index in [4.69, 9.17) is 4.74 Å². The lowest BCUT2D eigenvalue weighted by molar-refractivity contribution is 0.0632. The second-order valence-corrected chi connectivity index (χ2v) is 7.89. The Hall–Kier alpha value is -0.470. The van der Waals surface area contributed by atoms with Crippen LogP contribution in [0.1, 0.15) is 24.6 Å². The topological polar surface area (TPSA) is 58.6 Å². The van der Waals surface area contributed by atoms with Crippen LogP contribution >= 0.6 is 11.3 Å². The first-order valence-electron chi connectivity index (χ1n) is 6.89. The summed E-state index contributed by atoms with van der Waals surface area (Å²) in [5.41, 5.74) is 0. The summed E-state index contributed by atoms with van der Waals surface area (Å²) >= 11 is 1.49. The van der Waals surface area contributed by atoms with E-state index in [0.717, 1.165) is 30.8 Å². The van der Waals surface area contributed by atoms with Gasteiger partial charge in [-0.3, -0.25) is 0 Å². The van der Waals surface area contributed by atoms with Gasteiger partial charge in [0.05, 0.1) is 4.90 Å². The third kappa shape index (κ3) is 3.59. The van der Waals surface area contributed by atoms with Crippen molar-refractivity contribution < 1.29 is 13.2 Å². The van der Waals surface area contributed by atoms with Crippen LogP contribution in [0.15, 0.2) is 16.3 Å². The molecule has 2 heterocycles. The Balaban J connectivity index is 2.10. The Kier molecular flexibility index (Phi) is 5.57. The molecule has 0 radical (unpaired) electrons. The molecule has 0 spiro atoms. The number of nitrogens with zero attached hydrogens (tertiary/aromatic N) is 1. The summed E-state index contributed by atoms with van der Waals surface area (Å²) in [5, 5.41) is 4.94. The molecular weight excluding hydrogens is 296 g/mol. The van der Waals surface area contributed by atoms with Gasteiger partial charge >= 0.3 is 0 Å². The molecule has 0 aromatic carbocycles. The van der Waals surface area contributed by atoms with Crippen molar-refractivity contribution in [2.24, 2.45) is 0 Å². The number of thiophene rings is 1. The summed E-state index contributed by atoms with van der Waals surface area (Å²) in [4.78, 5) is 1.45. The standard InChI is InChI=1S/C13H22N2O3S2/c1-3-14-9-12-8-13(10-19-12)20(16,17)15(2)11-4-6-18-7-5-11/h8,10-11,14H,3-7,9H2,1-2H3. The highest BCUT2D eigenvalue weighted by atomic mass is 32.2. The van der Waals surface area contributed by atoms with Crippen LogP contribution in [0.25, 0.3) is 0 Å². The minimum absolute atomic E-state index is 0.0471. The molecule has 7 heteroatoms. The van der Waals surface area contributed by atoms with Gasteiger partial charge in [0.15, 0.2) is 0 Å². The molecule has 2 rings (SSSR count). The van der Waals surface area contributed by atoms with Gasteiger partial charge in [-0.25, -0.2) is 8.42 Å². The highest BCUT2D eigenvalue weighted by Gasteiger charge is 2.29. The molecule has 0 saturated carbocycles. The molecule has 0 amide bonds. The third-order valence-corrected chi connectivity index (χ3v) is 6.53. The fourth-order valence-electron chi connectivity index (χ4n) is 2.25. The minimum atomic E-state index is -3.38. The Morgan fingerprint density at radius 3 is 2.80 bits per heavy atom. The normalized spacial score (nSPS) is 17.8. The Morgan fingerprint density at radius 1 is 1.45 bits per heavy atom. The predicted molar refractivity (Wildman–Crippen MR) is 80.5 cm³/mol. The Bertz CT molecular complexity index is 521. The predicted octanol–water partition coefficient (Wildman–Crippen LogP) is 1.66. The van der Waals surface area contributed by atoms with E-state index in [-0.39, 0.29) is 6.04 Å². The molecule has 1 aromatic rings. The average molecular weight is 318 g/mol. The lowest BCUT2D eigenvalue weighted by atomic mass is 10.1. The largest absolute Gasteiger partial charge is 0.381 e. The van der Waals surface area contributed by atoms with Crippen LogP contribution in [0.3, 0.4) is 0 Å². The highest BCUT2D eigenvalue weighted by molar-refractivity contribution is 7.89. The van der Waals surface area contributed by atoms with E-state index in [1.54, 1.807) is 18.5 Å². The number of sulfonamides is 1. The average Bonchev–Trinajstić information content (AvgIpc) is 2.94. The molecule has 114 valence electrons. The van der Waals surface area contributed by atoms with Gasteiger partial charge < -0.3 is 10.1 Å². The van der Waals surface area contributed by atoms with E-state index in [0.29, 0.717) is 18.1 Å². The van der Waals surface area contributed by atoms with Crippen LogP contribution in [0.5, 0.6) is 0 Å². The third-order valence-electron chi connectivity index (χ3n) is 3.56. The first-order chi connectivity index (χ1) is 9.55. The van der Waals surface area contributed by atoms with E-state index < -0.39 is 10.0 Å². The zero-order chi connectivity index (χ0) is 14.6. The summed E-state index contributed by atoms with van der Waals surface area (Å²) in [6, 6.07) is 1.82. The second kappa shape index (κ2) is 7.00. The van der Waals surface area contributed by atoms with E-state index in [2.05, 4.69) is 5.32 Å². The van der Waals surface area contributed by atoms with Crippen LogP contribution in [-0.2, 0) is 21.3 Å². The molecule has 1 fully saturated rings. The molecule has 1 aliphatic heterocycles. The van der Waals surface area contributed by atoms with Gasteiger partial charge in [-0.1, -0.05) is 6.92 Å². The molecule has 0 unspecified atom stereocenters. The number of rotatable bonds is 6. The van der Waals surface area contributed by atoms with Gasteiger partial charge in [0, 0.05) is 43.1 Å². The van der Waals surface area contributed by atoms with Crippen molar-refractivity contribution in [3.63, 3.8) is 0 Å². The van der Waals surface area contributed by atoms with Crippen molar-refractivity contribution in [2.45, 2.75) is 37.2 Å². The number of ether oxygens (including phenoxy) is 1. The van der Waals surface area contributed by atoms with Gasteiger partial charge in [0.1, 0.15) is 0 Å².